The summed E-state index contributed by atoms with van der Waals surface area (Å²) in [7, 11) is 0. The molecule has 116 valence electrons. The lowest BCUT2D eigenvalue weighted by Gasteiger charge is -2.21. The van der Waals surface area contributed by atoms with Crippen LogP contribution in [0, 0.1) is 6.92 Å². The van der Waals surface area contributed by atoms with Gasteiger partial charge in [0.2, 0.25) is 5.76 Å². The molecule has 0 saturated carbocycles. The predicted molar refractivity (Wildman–Crippen MR) is 86.0 cm³/mol. The van der Waals surface area contributed by atoms with E-state index in [1.807, 2.05) is 30.3 Å². The molecule has 5 nitrogen and oxygen atoms in total. The molecule has 7 heteroatoms. The molecule has 0 bridgehead atoms. The summed E-state index contributed by atoms with van der Waals surface area (Å²) in [6.45, 7) is 3.15. The summed E-state index contributed by atoms with van der Waals surface area (Å²) in [6, 6.07) is 9.79. The van der Waals surface area contributed by atoms with Crippen LogP contribution in [-0.4, -0.2) is 28.9 Å². The highest BCUT2D eigenvalue weighted by molar-refractivity contribution is 5.92. The summed E-state index contributed by atoms with van der Waals surface area (Å²) < 4.78 is 5.15. The lowest BCUT2D eigenvalue weighted by Crippen LogP contribution is -2.35. The van der Waals surface area contributed by atoms with Crippen molar-refractivity contribution in [2.24, 2.45) is 5.73 Å². The van der Waals surface area contributed by atoms with Gasteiger partial charge >= 0.3 is 0 Å². The molecular weight excluding hydrogens is 313 g/mol. The van der Waals surface area contributed by atoms with Crippen LogP contribution in [0.1, 0.15) is 21.8 Å². The van der Waals surface area contributed by atoms with Gasteiger partial charge in [-0.1, -0.05) is 30.3 Å². The van der Waals surface area contributed by atoms with Crippen LogP contribution in [0.2, 0.25) is 0 Å². The number of oxazole rings is 1. The Bertz CT molecular complexity index is 546. The average Bonchev–Trinajstić information content (AvgIpc) is 2.85. The summed E-state index contributed by atoms with van der Waals surface area (Å²) >= 11 is 0. The first-order valence-corrected chi connectivity index (χ1v) is 6.15. The lowest BCUT2D eigenvalue weighted by atomic mass is 10.2. The number of aromatic nitrogens is 1. The van der Waals surface area contributed by atoms with Crippen molar-refractivity contribution in [3.8, 4) is 0 Å². The minimum absolute atomic E-state index is 0. The highest BCUT2D eigenvalue weighted by atomic mass is 35.5. The fourth-order valence-corrected chi connectivity index (χ4v) is 1.86. The highest BCUT2D eigenvalue weighted by Gasteiger charge is 2.21. The smallest absolute Gasteiger partial charge is 0.291 e. The SMILES string of the molecule is Cc1ncoc1C(=O)N(CCN)Cc1ccccc1.Cl.Cl. The van der Waals surface area contributed by atoms with Gasteiger partial charge in [-0.15, -0.1) is 24.8 Å². The monoisotopic (exact) mass is 331 g/mol. The van der Waals surface area contributed by atoms with E-state index in [0.29, 0.717) is 25.3 Å². The van der Waals surface area contributed by atoms with Crippen molar-refractivity contribution in [1.29, 1.82) is 0 Å². The van der Waals surface area contributed by atoms with Gasteiger partial charge < -0.3 is 15.1 Å². The van der Waals surface area contributed by atoms with Gasteiger partial charge in [0.15, 0.2) is 6.39 Å². The Hall–Kier alpha value is -1.56. The van der Waals surface area contributed by atoms with Gasteiger partial charge in [-0.2, -0.15) is 0 Å². The fraction of sp³-hybridized carbons (Fsp3) is 0.286. The average molecular weight is 332 g/mol. The molecule has 2 rings (SSSR count). The zero-order chi connectivity index (χ0) is 13.7. The molecule has 0 aliphatic heterocycles. The Kier molecular flexibility index (Phi) is 8.69. The quantitative estimate of drug-likeness (QED) is 0.913. The molecule has 21 heavy (non-hydrogen) atoms. The van der Waals surface area contributed by atoms with Gasteiger partial charge in [-0.05, 0) is 12.5 Å². The number of nitrogens with zero attached hydrogens (tertiary/aromatic N) is 2. The first-order valence-electron chi connectivity index (χ1n) is 6.15. The van der Waals surface area contributed by atoms with Crippen LogP contribution in [0.4, 0.5) is 0 Å². The van der Waals surface area contributed by atoms with E-state index in [1.165, 1.54) is 6.39 Å². The van der Waals surface area contributed by atoms with Gasteiger partial charge in [0.1, 0.15) is 0 Å². The van der Waals surface area contributed by atoms with E-state index in [9.17, 15) is 4.79 Å². The maximum Gasteiger partial charge on any atom is 0.291 e. The zero-order valence-electron chi connectivity index (χ0n) is 11.7. The van der Waals surface area contributed by atoms with E-state index < -0.39 is 0 Å². The molecule has 0 radical (unpaired) electrons. The summed E-state index contributed by atoms with van der Waals surface area (Å²) in [4.78, 5) is 18.0. The van der Waals surface area contributed by atoms with Crippen molar-refractivity contribution in [2.75, 3.05) is 13.1 Å². The number of nitrogens with two attached hydrogens (primary N) is 1. The van der Waals surface area contributed by atoms with Gasteiger partial charge in [0.25, 0.3) is 5.91 Å². The minimum atomic E-state index is -0.177. The van der Waals surface area contributed by atoms with E-state index in [1.54, 1.807) is 11.8 Å². The third-order valence-corrected chi connectivity index (χ3v) is 2.84. The fourth-order valence-electron chi connectivity index (χ4n) is 1.86. The summed E-state index contributed by atoms with van der Waals surface area (Å²) in [5, 5.41) is 0. The Morgan fingerprint density at radius 3 is 2.48 bits per heavy atom. The maximum atomic E-state index is 12.4. The van der Waals surface area contributed by atoms with Crippen molar-refractivity contribution >= 4 is 30.7 Å². The number of amides is 1. The molecule has 1 amide bonds. The minimum Gasteiger partial charge on any atom is -0.438 e. The molecule has 0 unspecified atom stereocenters. The topological polar surface area (TPSA) is 72.4 Å². The van der Waals surface area contributed by atoms with Crippen molar-refractivity contribution in [3.63, 3.8) is 0 Å². The normalized spacial score (nSPS) is 9.43. The Morgan fingerprint density at radius 2 is 1.95 bits per heavy atom. The molecule has 1 aromatic carbocycles. The molecule has 1 aromatic heterocycles. The number of carbonyl (C=O) groups is 1. The largest absolute Gasteiger partial charge is 0.438 e. The predicted octanol–water partition coefficient (Wildman–Crippen LogP) is 2.43. The Morgan fingerprint density at radius 1 is 1.29 bits per heavy atom. The number of carbonyl (C=O) groups excluding carboxylic acids is 1. The maximum absolute atomic E-state index is 12.4. The number of hydrogen-bond donors (Lipinski definition) is 1. The number of benzene rings is 1. The molecule has 1 heterocycles. The second kappa shape index (κ2) is 9.39. The first kappa shape index (κ1) is 19.4. The summed E-state index contributed by atoms with van der Waals surface area (Å²) in [5.74, 6) is 0.105. The van der Waals surface area contributed by atoms with Crippen LogP contribution in [0.15, 0.2) is 41.1 Å². The third kappa shape index (κ3) is 5.04. The molecule has 0 atom stereocenters. The van der Waals surface area contributed by atoms with E-state index in [2.05, 4.69) is 4.98 Å². The standard InChI is InChI=1S/C14H17N3O2.2ClH/c1-11-13(19-10-16-11)14(18)17(8-7-15)9-12-5-3-2-4-6-12;;/h2-6,10H,7-9,15H2,1H3;2*1H. The second-order valence-electron chi connectivity index (χ2n) is 4.27. The number of rotatable bonds is 5. The van der Waals surface area contributed by atoms with E-state index in [0.717, 1.165) is 5.56 Å². The molecule has 0 aliphatic carbocycles. The van der Waals surface area contributed by atoms with Gasteiger partial charge in [-0.3, -0.25) is 4.79 Å². The summed E-state index contributed by atoms with van der Waals surface area (Å²) in [5.41, 5.74) is 7.23. The zero-order valence-corrected chi connectivity index (χ0v) is 13.3. The lowest BCUT2D eigenvalue weighted by molar-refractivity contribution is 0.0715. The number of aryl methyl sites for hydroxylation is 1. The van der Waals surface area contributed by atoms with Crippen molar-refractivity contribution in [2.45, 2.75) is 13.5 Å². The molecular formula is C14H19Cl2N3O2. The molecule has 0 fully saturated rings. The summed E-state index contributed by atoms with van der Waals surface area (Å²) in [6.07, 6.45) is 1.28. The number of halogens is 2. The molecule has 0 spiro atoms. The van der Waals surface area contributed by atoms with E-state index in [4.69, 9.17) is 10.2 Å². The van der Waals surface area contributed by atoms with Crippen LogP contribution in [0.5, 0.6) is 0 Å². The first-order chi connectivity index (χ1) is 9.22. The van der Waals surface area contributed by atoms with Crippen LogP contribution in [-0.2, 0) is 6.54 Å². The Balaban J connectivity index is 0.00000200. The highest BCUT2D eigenvalue weighted by Crippen LogP contribution is 2.12. The number of hydrogen-bond acceptors (Lipinski definition) is 4. The molecule has 2 aromatic rings. The van der Waals surface area contributed by atoms with E-state index >= 15 is 0 Å². The van der Waals surface area contributed by atoms with E-state index in [-0.39, 0.29) is 36.5 Å². The molecule has 0 aliphatic rings. The molecule has 2 N–H and O–H groups in total. The van der Waals surface area contributed by atoms with Crippen LogP contribution in [0.25, 0.3) is 0 Å². The van der Waals surface area contributed by atoms with Crippen LogP contribution in [0.3, 0.4) is 0 Å². The van der Waals surface area contributed by atoms with Crippen molar-refractivity contribution in [1.82, 2.24) is 9.88 Å². The second-order valence-corrected chi connectivity index (χ2v) is 4.27. The third-order valence-electron chi connectivity index (χ3n) is 2.84. The van der Waals surface area contributed by atoms with Crippen molar-refractivity contribution < 1.29 is 9.21 Å². The van der Waals surface area contributed by atoms with Gasteiger partial charge in [0.05, 0.1) is 5.69 Å². The van der Waals surface area contributed by atoms with Gasteiger partial charge in [0, 0.05) is 19.6 Å². The van der Waals surface area contributed by atoms with Gasteiger partial charge in [-0.25, -0.2) is 4.98 Å². The van der Waals surface area contributed by atoms with Crippen LogP contribution >= 0.6 is 24.8 Å². The molecule has 0 saturated heterocycles. The van der Waals surface area contributed by atoms with Crippen molar-refractivity contribution in [3.05, 3.63) is 53.7 Å². The Labute approximate surface area is 136 Å². The van der Waals surface area contributed by atoms with Crippen LogP contribution < -0.4 is 5.73 Å².